The maximum Gasteiger partial charge on any atom is 0.410 e. The van der Waals surface area contributed by atoms with E-state index in [0.29, 0.717) is 19.3 Å². The number of nitrogens with zero attached hydrogens (tertiary/aromatic N) is 1. The predicted octanol–water partition coefficient (Wildman–Crippen LogP) is 1.52. The largest absolute Gasteiger partial charge is 0.453 e. The number of likely N-dealkylation sites (tertiary alicyclic amines) is 1. The van der Waals surface area contributed by atoms with E-state index >= 15 is 0 Å². The van der Waals surface area contributed by atoms with Crippen LogP contribution in [-0.2, 0) is 19.1 Å². The van der Waals surface area contributed by atoms with Gasteiger partial charge in [0.2, 0.25) is 0 Å². The Kier molecular flexibility index (Phi) is 4.91. The predicted molar refractivity (Wildman–Crippen MR) is 67.6 cm³/mol. The molecule has 6 heteroatoms. The highest BCUT2D eigenvalue weighted by molar-refractivity contribution is 5.73. The summed E-state index contributed by atoms with van der Waals surface area (Å²) in [6.45, 7) is 7.08. The van der Waals surface area contributed by atoms with Crippen LogP contribution in [0, 0.1) is 0 Å². The van der Waals surface area contributed by atoms with Crippen LogP contribution >= 0.6 is 0 Å². The molecule has 0 N–H and O–H groups in total. The lowest BCUT2D eigenvalue weighted by Crippen LogP contribution is -2.47. The van der Waals surface area contributed by atoms with Gasteiger partial charge in [-0.15, -0.1) is 0 Å². The van der Waals surface area contributed by atoms with Crippen LogP contribution in [0.25, 0.3) is 0 Å². The Labute approximate surface area is 113 Å². The average Bonchev–Trinajstić information content (AvgIpc) is 2.71. The Morgan fingerprint density at radius 2 is 2.00 bits per heavy atom. The van der Waals surface area contributed by atoms with Crippen LogP contribution in [0.3, 0.4) is 0 Å². The van der Waals surface area contributed by atoms with Crippen LogP contribution in [0.1, 0.15) is 40.5 Å². The van der Waals surface area contributed by atoms with Crippen LogP contribution in [0.15, 0.2) is 0 Å². The number of ether oxygens (including phenoxy) is 2. The van der Waals surface area contributed by atoms with Crippen molar-refractivity contribution >= 4 is 18.3 Å². The molecule has 1 aliphatic heterocycles. The van der Waals surface area contributed by atoms with E-state index in [2.05, 4.69) is 0 Å². The molecule has 0 aromatic rings. The van der Waals surface area contributed by atoms with E-state index in [0.717, 1.165) is 6.42 Å². The van der Waals surface area contributed by atoms with Crippen LogP contribution < -0.4 is 0 Å². The maximum atomic E-state index is 12.0. The lowest BCUT2D eigenvalue weighted by molar-refractivity contribution is -0.152. The summed E-state index contributed by atoms with van der Waals surface area (Å²) in [5.74, 6) is -0.534. The SMILES string of the molecule is CC(=O)OC(C=O)C1CCCN1C(=O)OC(C)(C)C. The normalized spacial score (nSPS) is 20.8. The number of hydrogen-bond donors (Lipinski definition) is 0. The summed E-state index contributed by atoms with van der Waals surface area (Å²) < 4.78 is 10.2. The Hall–Kier alpha value is -1.59. The summed E-state index contributed by atoms with van der Waals surface area (Å²) in [4.78, 5) is 35.5. The van der Waals surface area contributed by atoms with Gasteiger partial charge in [0, 0.05) is 13.5 Å². The Morgan fingerprint density at radius 3 is 2.47 bits per heavy atom. The van der Waals surface area contributed by atoms with Crippen LogP contribution in [0.5, 0.6) is 0 Å². The molecule has 2 atom stereocenters. The molecule has 0 aliphatic carbocycles. The molecule has 1 saturated heterocycles. The first-order chi connectivity index (χ1) is 8.74. The van der Waals surface area contributed by atoms with E-state index < -0.39 is 29.8 Å². The summed E-state index contributed by atoms with van der Waals surface area (Å²) in [6.07, 6.45) is 0.543. The molecule has 1 fully saturated rings. The van der Waals surface area contributed by atoms with Gasteiger partial charge in [-0.1, -0.05) is 0 Å². The van der Waals surface area contributed by atoms with Gasteiger partial charge in [0.25, 0.3) is 0 Å². The van der Waals surface area contributed by atoms with Gasteiger partial charge in [-0.25, -0.2) is 4.79 Å². The van der Waals surface area contributed by atoms with Crippen molar-refractivity contribution in [3.8, 4) is 0 Å². The number of amides is 1. The Balaban J connectivity index is 2.74. The molecule has 6 nitrogen and oxygen atoms in total. The molecule has 0 aromatic heterocycles. The molecule has 2 unspecified atom stereocenters. The molecule has 1 aliphatic rings. The highest BCUT2D eigenvalue weighted by atomic mass is 16.6. The fourth-order valence-corrected chi connectivity index (χ4v) is 2.07. The topological polar surface area (TPSA) is 72.9 Å². The van der Waals surface area contributed by atoms with Crippen LogP contribution in [-0.4, -0.2) is 47.5 Å². The molecule has 0 aromatic carbocycles. The zero-order valence-corrected chi connectivity index (χ0v) is 11.8. The molecule has 1 heterocycles. The number of esters is 1. The van der Waals surface area contributed by atoms with Gasteiger partial charge in [0.15, 0.2) is 12.4 Å². The second-order valence-corrected chi connectivity index (χ2v) is 5.59. The molecule has 0 bridgehead atoms. The second-order valence-electron chi connectivity index (χ2n) is 5.59. The van der Waals surface area contributed by atoms with E-state index in [1.807, 2.05) is 0 Å². The summed E-state index contributed by atoms with van der Waals surface area (Å²) in [5, 5.41) is 0. The Bertz CT molecular complexity index is 361. The minimum Gasteiger partial charge on any atom is -0.453 e. The van der Waals surface area contributed by atoms with E-state index in [4.69, 9.17) is 9.47 Å². The molecule has 19 heavy (non-hydrogen) atoms. The zero-order valence-electron chi connectivity index (χ0n) is 11.8. The van der Waals surface area contributed by atoms with Crippen molar-refractivity contribution in [1.29, 1.82) is 0 Å². The molecular weight excluding hydrogens is 250 g/mol. The van der Waals surface area contributed by atoms with Crippen molar-refractivity contribution in [2.24, 2.45) is 0 Å². The van der Waals surface area contributed by atoms with Gasteiger partial charge in [0.1, 0.15) is 5.60 Å². The number of hydrogen-bond acceptors (Lipinski definition) is 5. The van der Waals surface area contributed by atoms with Crippen molar-refractivity contribution in [3.05, 3.63) is 0 Å². The van der Waals surface area contributed by atoms with Crippen molar-refractivity contribution in [3.63, 3.8) is 0 Å². The lowest BCUT2D eigenvalue weighted by atomic mass is 10.1. The van der Waals surface area contributed by atoms with E-state index in [-0.39, 0.29) is 0 Å². The summed E-state index contributed by atoms with van der Waals surface area (Å²) in [5.41, 5.74) is -0.595. The van der Waals surface area contributed by atoms with Gasteiger partial charge in [-0.05, 0) is 33.6 Å². The van der Waals surface area contributed by atoms with Crippen LogP contribution in [0.2, 0.25) is 0 Å². The van der Waals surface area contributed by atoms with E-state index in [9.17, 15) is 14.4 Å². The first-order valence-corrected chi connectivity index (χ1v) is 6.36. The number of rotatable bonds is 3. The van der Waals surface area contributed by atoms with Gasteiger partial charge in [-0.2, -0.15) is 0 Å². The average molecular weight is 271 g/mol. The van der Waals surface area contributed by atoms with Gasteiger partial charge in [-0.3, -0.25) is 9.59 Å². The number of aldehydes is 1. The lowest BCUT2D eigenvalue weighted by Gasteiger charge is -2.30. The molecule has 1 rings (SSSR count). The van der Waals surface area contributed by atoms with Gasteiger partial charge < -0.3 is 14.4 Å². The highest BCUT2D eigenvalue weighted by Crippen LogP contribution is 2.24. The molecule has 0 spiro atoms. The Morgan fingerprint density at radius 1 is 1.37 bits per heavy atom. The molecule has 0 saturated carbocycles. The van der Waals surface area contributed by atoms with Crippen molar-refractivity contribution in [1.82, 2.24) is 4.90 Å². The summed E-state index contributed by atoms with van der Waals surface area (Å²) >= 11 is 0. The highest BCUT2D eigenvalue weighted by Gasteiger charge is 2.38. The quantitative estimate of drug-likeness (QED) is 0.574. The van der Waals surface area contributed by atoms with Crippen molar-refractivity contribution in [2.45, 2.75) is 58.3 Å². The third kappa shape index (κ3) is 4.54. The fraction of sp³-hybridized carbons (Fsp3) is 0.769. The minimum atomic E-state index is -0.924. The summed E-state index contributed by atoms with van der Waals surface area (Å²) in [7, 11) is 0. The smallest absolute Gasteiger partial charge is 0.410 e. The second kappa shape index (κ2) is 6.04. The molecular formula is C13H21NO5. The van der Waals surface area contributed by atoms with Crippen molar-refractivity contribution in [2.75, 3.05) is 6.54 Å². The number of carbonyl (C=O) groups excluding carboxylic acids is 3. The molecule has 0 radical (unpaired) electrons. The van der Waals surface area contributed by atoms with E-state index in [1.165, 1.54) is 11.8 Å². The van der Waals surface area contributed by atoms with Gasteiger partial charge >= 0.3 is 12.1 Å². The zero-order chi connectivity index (χ0) is 14.6. The van der Waals surface area contributed by atoms with Crippen molar-refractivity contribution < 1.29 is 23.9 Å². The standard InChI is InChI=1S/C13H21NO5/c1-9(16)18-11(8-15)10-6-5-7-14(10)12(17)19-13(2,3)4/h8,10-11H,5-7H2,1-4H3. The maximum absolute atomic E-state index is 12.0. The van der Waals surface area contributed by atoms with E-state index in [1.54, 1.807) is 20.8 Å². The molecule has 108 valence electrons. The van der Waals surface area contributed by atoms with Gasteiger partial charge in [0.05, 0.1) is 6.04 Å². The summed E-state index contributed by atoms with van der Waals surface area (Å²) in [6, 6.07) is -0.434. The third-order valence-electron chi connectivity index (χ3n) is 2.74. The van der Waals surface area contributed by atoms with Crippen LogP contribution in [0.4, 0.5) is 4.79 Å². The number of carbonyl (C=O) groups is 3. The first kappa shape index (κ1) is 15.5. The fourth-order valence-electron chi connectivity index (χ4n) is 2.07. The minimum absolute atomic E-state index is 0.434. The monoisotopic (exact) mass is 271 g/mol. The first-order valence-electron chi connectivity index (χ1n) is 6.36. The molecule has 1 amide bonds. The third-order valence-corrected chi connectivity index (χ3v) is 2.74.